The van der Waals surface area contributed by atoms with E-state index in [0.29, 0.717) is 11.9 Å². The van der Waals surface area contributed by atoms with Gasteiger partial charge in [-0.2, -0.15) is 13.2 Å². The van der Waals surface area contributed by atoms with Crippen molar-refractivity contribution in [2.45, 2.75) is 12.7 Å². The van der Waals surface area contributed by atoms with Gasteiger partial charge in [-0.15, -0.1) is 0 Å². The van der Waals surface area contributed by atoms with Gasteiger partial charge in [-0.05, 0) is 36.4 Å². The number of pyridine rings is 2. The number of imidazole rings is 1. The normalized spacial score (nSPS) is 11.3. The van der Waals surface area contributed by atoms with Crippen LogP contribution in [0.5, 0.6) is 5.88 Å². The standard InChI is InChI=1S/C28H20F3N5O5/c1-40-27(39)41-26-20(15-34-25(38)17-9-7-16(8-10-17)23-32-13-14-33-23)22(37)19-11-12-21(28(29,30)31)35-24(19)36(26)18-5-3-2-4-6-18/h2-14H,15H2,1H3,(H,32,33)(H,34,38). The van der Waals surface area contributed by atoms with Gasteiger partial charge in [0, 0.05) is 23.5 Å². The number of para-hydroxylation sites is 1. The van der Waals surface area contributed by atoms with E-state index in [-0.39, 0.29) is 22.2 Å². The van der Waals surface area contributed by atoms with Crippen LogP contribution in [-0.2, 0) is 17.5 Å². The summed E-state index contributed by atoms with van der Waals surface area (Å²) in [7, 11) is 1.03. The van der Waals surface area contributed by atoms with Crippen molar-refractivity contribution in [1.82, 2.24) is 24.8 Å². The molecule has 0 radical (unpaired) electrons. The molecule has 0 fully saturated rings. The van der Waals surface area contributed by atoms with E-state index in [0.717, 1.165) is 23.3 Å². The highest BCUT2D eigenvalue weighted by molar-refractivity contribution is 5.94. The summed E-state index contributed by atoms with van der Waals surface area (Å²) in [6, 6.07) is 16.1. The highest BCUT2D eigenvalue weighted by Gasteiger charge is 2.34. The molecule has 0 aliphatic heterocycles. The zero-order chi connectivity index (χ0) is 29.1. The Hall–Kier alpha value is -5.46. The molecule has 1 amide bonds. The van der Waals surface area contributed by atoms with Gasteiger partial charge in [0.2, 0.25) is 5.88 Å². The number of fused-ring (bicyclic) bond motifs is 1. The third kappa shape index (κ3) is 5.50. The summed E-state index contributed by atoms with van der Waals surface area (Å²) < 4.78 is 51.7. The molecule has 5 aromatic rings. The third-order valence-electron chi connectivity index (χ3n) is 6.06. The van der Waals surface area contributed by atoms with Crippen LogP contribution in [-0.4, -0.2) is 38.7 Å². The first kappa shape index (κ1) is 27.1. The molecule has 0 saturated carbocycles. The maximum Gasteiger partial charge on any atom is 0.514 e. The van der Waals surface area contributed by atoms with Crippen molar-refractivity contribution in [3.63, 3.8) is 0 Å². The molecule has 13 heteroatoms. The first-order valence-electron chi connectivity index (χ1n) is 12.0. The second kappa shape index (κ2) is 11.0. The Morgan fingerprint density at radius 2 is 1.76 bits per heavy atom. The average molecular weight is 563 g/mol. The molecular formula is C28H20F3N5O5. The number of benzene rings is 2. The van der Waals surface area contributed by atoms with Crippen molar-refractivity contribution in [3.8, 4) is 23.0 Å². The van der Waals surface area contributed by atoms with Crippen LogP contribution in [0.15, 0.2) is 83.9 Å². The molecule has 3 heterocycles. The van der Waals surface area contributed by atoms with Crippen LogP contribution < -0.4 is 15.5 Å². The number of nitrogens with zero attached hydrogens (tertiary/aromatic N) is 3. The average Bonchev–Trinajstić information content (AvgIpc) is 3.52. The van der Waals surface area contributed by atoms with Crippen LogP contribution >= 0.6 is 0 Å². The van der Waals surface area contributed by atoms with E-state index in [1.807, 2.05) is 0 Å². The van der Waals surface area contributed by atoms with Crippen LogP contribution in [0.4, 0.5) is 18.0 Å². The lowest BCUT2D eigenvalue weighted by atomic mass is 10.1. The van der Waals surface area contributed by atoms with E-state index in [2.05, 4.69) is 25.0 Å². The Morgan fingerprint density at radius 1 is 1.02 bits per heavy atom. The minimum absolute atomic E-state index is 0.189. The summed E-state index contributed by atoms with van der Waals surface area (Å²) in [5, 5.41) is 2.42. The molecule has 5 rings (SSSR count). The van der Waals surface area contributed by atoms with Gasteiger partial charge in [-0.1, -0.05) is 30.3 Å². The number of H-pyrrole nitrogens is 1. The van der Waals surface area contributed by atoms with Crippen LogP contribution in [0.3, 0.4) is 0 Å². The number of nitrogens with one attached hydrogen (secondary N) is 2. The summed E-state index contributed by atoms with van der Waals surface area (Å²) in [5.74, 6) is -0.404. The number of aromatic amines is 1. The number of aromatic nitrogens is 4. The number of carbonyl (C=O) groups excluding carboxylic acids is 2. The molecule has 41 heavy (non-hydrogen) atoms. The zero-order valence-corrected chi connectivity index (χ0v) is 21.2. The third-order valence-corrected chi connectivity index (χ3v) is 6.06. The summed E-state index contributed by atoms with van der Waals surface area (Å²) in [6.45, 7) is -0.437. The molecule has 0 spiro atoms. The van der Waals surface area contributed by atoms with Crippen molar-refractivity contribution in [2.24, 2.45) is 0 Å². The molecule has 208 valence electrons. The maximum absolute atomic E-state index is 13.6. The monoisotopic (exact) mass is 563 g/mol. The van der Waals surface area contributed by atoms with Gasteiger partial charge in [0.25, 0.3) is 5.91 Å². The molecule has 0 unspecified atom stereocenters. The highest BCUT2D eigenvalue weighted by Crippen LogP contribution is 2.32. The summed E-state index contributed by atoms with van der Waals surface area (Å²) in [5.41, 5.74) is -1.42. The molecule has 2 aromatic carbocycles. The fourth-order valence-electron chi connectivity index (χ4n) is 4.12. The van der Waals surface area contributed by atoms with Crippen molar-refractivity contribution in [3.05, 3.63) is 106 Å². The fraction of sp³-hybridized carbons (Fsp3) is 0.107. The van der Waals surface area contributed by atoms with E-state index in [1.54, 1.807) is 54.9 Å². The lowest BCUT2D eigenvalue weighted by molar-refractivity contribution is -0.141. The number of rotatable bonds is 6. The minimum Gasteiger partial charge on any atom is -0.437 e. The predicted molar refractivity (Wildman–Crippen MR) is 141 cm³/mol. The fourth-order valence-corrected chi connectivity index (χ4v) is 4.12. The lowest BCUT2D eigenvalue weighted by Crippen LogP contribution is -2.29. The van der Waals surface area contributed by atoms with Crippen molar-refractivity contribution < 1.29 is 32.2 Å². The number of alkyl halides is 3. The van der Waals surface area contributed by atoms with Crippen molar-refractivity contribution >= 4 is 23.1 Å². The first-order valence-corrected chi connectivity index (χ1v) is 12.0. The number of ether oxygens (including phenoxy) is 2. The minimum atomic E-state index is -4.81. The van der Waals surface area contributed by atoms with Gasteiger partial charge < -0.3 is 19.8 Å². The van der Waals surface area contributed by atoms with Gasteiger partial charge >= 0.3 is 12.3 Å². The molecule has 0 aliphatic carbocycles. The summed E-state index contributed by atoms with van der Waals surface area (Å²) in [6.07, 6.45) is -2.79. The molecule has 10 nitrogen and oxygen atoms in total. The molecule has 0 bridgehead atoms. The Kier molecular flexibility index (Phi) is 7.25. The molecule has 0 saturated heterocycles. The van der Waals surface area contributed by atoms with E-state index < -0.39 is 47.4 Å². The predicted octanol–water partition coefficient (Wildman–Crippen LogP) is 4.87. The number of hydrogen-bond donors (Lipinski definition) is 2. The number of methoxy groups -OCH3 is 1. The second-order valence-electron chi connectivity index (χ2n) is 8.60. The Labute approximate surface area is 229 Å². The summed E-state index contributed by atoms with van der Waals surface area (Å²) in [4.78, 5) is 49.6. The zero-order valence-electron chi connectivity index (χ0n) is 21.2. The topological polar surface area (TPSA) is 128 Å². The van der Waals surface area contributed by atoms with Crippen LogP contribution in [0.2, 0.25) is 0 Å². The first-order chi connectivity index (χ1) is 19.7. The van der Waals surface area contributed by atoms with E-state index in [4.69, 9.17) is 4.74 Å². The second-order valence-corrected chi connectivity index (χ2v) is 8.60. The van der Waals surface area contributed by atoms with Crippen LogP contribution in [0, 0.1) is 0 Å². The Bertz CT molecular complexity index is 1790. The maximum atomic E-state index is 13.6. The molecule has 0 atom stereocenters. The largest absolute Gasteiger partial charge is 0.514 e. The van der Waals surface area contributed by atoms with Crippen LogP contribution in [0.1, 0.15) is 21.6 Å². The van der Waals surface area contributed by atoms with Gasteiger partial charge in [-0.25, -0.2) is 14.8 Å². The quantitative estimate of drug-likeness (QED) is 0.282. The van der Waals surface area contributed by atoms with Gasteiger partial charge in [0.05, 0.1) is 30.3 Å². The van der Waals surface area contributed by atoms with Crippen molar-refractivity contribution in [2.75, 3.05) is 7.11 Å². The highest BCUT2D eigenvalue weighted by atomic mass is 19.4. The Balaban J connectivity index is 1.61. The smallest absolute Gasteiger partial charge is 0.437 e. The van der Waals surface area contributed by atoms with E-state index >= 15 is 0 Å². The molecule has 3 aromatic heterocycles. The van der Waals surface area contributed by atoms with E-state index in [9.17, 15) is 27.6 Å². The Morgan fingerprint density at radius 3 is 2.39 bits per heavy atom. The van der Waals surface area contributed by atoms with Gasteiger partial charge in [0.1, 0.15) is 11.5 Å². The van der Waals surface area contributed by atoms with E-state index in [1.165, 1.54) is 12.1 Å². The van der Waals surface area contributed by atoms with Crippen LogP contribution in [0.25, 0.3) is 28.1 Å². The summed E-state index contributed by atoms with van der Waals surface area (Å²) >= 11 is 0. The van der Waals surface area contributed by atoms with Gasteiger partial charge in [0.15, 0.2) is 11.1 Å². The number of carbonyl (C=O) groups is 2. The molecular weight excluding hydrogens is 543 g/mol. The number of halogens is 3. The lowest BCUT2D eigenvalue weighted by Gasteiger charge is -2.20. The van der Waals surface area contributed by atoms with Gasteiger partial charge in [-0.3, -0.25) is 14.2 Å². The number of amides is 1. The molecule has 2 N–H and O–H groups in total. The number of hydrogen-bond acceptors (Lipinski definition) is 7. The van der Waals surface area contributed by atoms with Crippen molar-refractivity contribution in [1.29, 1.82) is 0 Å². The SMILES string of the molecule is COC(=O)Oc1c(CNC(=O)c2ccc(-c3ncc[nH]3)cc2)c(=O)c2ccc(C(F)(F)F)nc2n1-c1ccccc1. The molecule has 0 aliphatic rings.